The molecular formula is C23H32N6O3. The molecule has 3 rings (SSSR count). The summed E-state index contributed by atoms with van der Waals surface area (Å²) in [6.45, 7) is 9.85. The summed E-state index contributed by atoms with van der Waals surface area (Å²) >= 11 is 0. The number of carbonyl (C=O) groups is 3. The van der Waals surface area contributed by atoms with E-state index < -0.39 is 11.6 Å². The van der Waals surface area contributed by atoms with Crippen LogP contribution in [0, 0.1) is 0 Å². The quantitative estimate of drug-likeness (QED) is 0.728. The van der Waals surface area contributed by atoms with Crippen LogP contribution in [0.3, 0.4) is 0 Å². The molecule has 0 spiro atoms. The van der Waals surface area contributed by atoms with Crippen molar-refractivity contribution < 1.29 is 15.8 Å². The van der Waals surface area contributed by atoms with E-state index in [4.69, 9.17) is 0 Å². The third kappa shape index (κ3) is 4.42. The minimum atomic E-state index is -1.06. The van der Waals surface area contributed by atoms with Crippen molar-refractivity contribution in [2.24, 2.45) is 0 Å². The van der Waals surface area contributed by atoms with Crippen LogP contribution in [0.15, 0.2) is 36.5 Å². The van der Waals surface area contributed by atoms with Crippen LogP contribution in [0.5, 0.6) is 0 Å². The molecule has 1 N–H and O–H groups in total. The van der Waals surface area contributed by atoms with E-state index in [1.807, 2.05) is 12.1 Å². The van der Waals surface area contributed by atoms with E-state index in [9.17, 15) is 14.4 Å². The van der Waals surface area contributed by atoms with Crippen molar-refractivity contribution in [3.63, 3.8) is 0 Å². The predicted octanol–water partition coefficient (Wildman–Crippen LogP) is 3.86. The minimum absolute atomic E-state index is 0. The van der Waals surface area contributed by atoms with E-state index in [2.05, 4.69) is 36.1 Å². The van der Waals surface area contributed by atoms with Gasteiger partial charge in [0.2, 0.25) is 5.95 Å². The second-order valence-electron chi connectivity index (χ2n) is 9.56. The first-order valence-corrected chi connectivity index (χ1v) is 10.4. The molecule has 1 aromatic carbocycles. The lowest BCUT2D eigenvalue weighted by atomic mass is 9.87. The van der Waals surface area contributed by atoms with E-state index in [-0.39, 0.29) is 31.3 Å². The second-order valence-corrected chi connectivity index (χ2v) is 9.56. The van der Waals surface area contributed by atoms with Gasteiger partial charge in [0.1, 0.15) is 5.54 Å². The molecule has 1 fully saturated rings. The molecule has 0 aliphatic carbocycles. The summed E-state index contributed by atoms with van der Waals surface area (Å²) < 4.78 is 0. The summed E-state index contributed by atoms with van der Waals surface area (Å²) in [7, 11) is 3.22. The topological polar surface area (TPSA) is 98.7 Å². The van der Waals surface area contributed by atoms with Gasteiger partial charge >= 0.3 is 12.1 Å². The van der Waals surface area contributed by atoms with Crippen molar-refractivity contribution in [1.82, 2.24) is 19.8 Å². The van der Waals surface area contributed by atoms with Gasteiger partial charge in [0, 0.05) is 21.7 Å². The highest BCUT2D eigenvalue weighted by Crippen LogP contribution is 2.34. The Morgan fingerprint density at radius 3 is 2.31 bits per heavy atom. The van der Waals surface area contributed by atoms with Gasteiger partial charge in [-0.25, -0.2) is 24.5 Å². The maximum atomic E-state index is 13.3. The van der Waals surface area contributed by atoms with E-state index in [1.165, 1.54) is 20.9 Å². The van der Waals surface area contributed by atoms with Gasteiger partial charge in [0.15, 0.2) is 0 Å². The highest BCUT2D eigenvalue weighted by atomic mass is 16.2. The van der Waals surface area contributed by atoms with Gasteiger partial charge in [-0.1, -0.05) is 32.9 Å². The molecule has 1 aliphatic rings. The number of hydrogen-bond donors (Lipinski definition) is 1. The number of hydrogen-bond acceptors (Lipinski definition) is 5. The molecule has 5 amide bonds. The summed E-state index contributed by atoms with van der Waals surface area (Å²) in [5, 5.41) is 2.58. The fraction of sp³-hybridized carbons (Fsp3) is 0.435. The monoisotopic (exact) mass is 440 g/mol. The lowest BCUT2D eigenvalue weighted by Gasteiger charge is -2.27. The maximum Gasteiger partial charge on any atom is 0.332 e. The summed E-state index contributed by atoms with van der Waals surface area (Å²) in [6.07, 6.45) is 1.51. The fourth-order valence-electron chi connectivity index (χ4n) is 3.35. The molecule has 0 unspecified atom stereocenters. The van der Waals surface area contributed by atoms with E-state index in [0.29, 0.717) is 11.4 Å². The highest BCUT2D eigenvalue weighted by Gasteiger charge is 2.51. The number of urea groups is 2. The van der Waals surface area contributed by atoms with Crippen LogP contribution in [0.1, 0.15) is 47.3 Å². The van der Waals surface area contributed by atoms with Crippen molar-refractivity contribution in [2.75, 3.05) is 24.3 Å². The molecule has 2 heterocycles. The molecule has 1 saturated heterocycles. The smallest absolute Gasteiger partial charge is 0.331 e. The molecule has 2 aromatic rings. The van der Waals surface area contributed by atoms with Crippen molar-refractivity contribution in [3.8, 4) is 0 Å². The Kier molecular flexibility index (Phi) is 5.95. The Morgan fingerprint density at radius 1 is 1.12 bits per heavy atom. The van der Waals surface area contributed by atoms with Gasteiger partial charge in [-0.15, -0.1) is 0 Å². The number of benzene rings is 1. The Balaban J connectivity index is 0.00000385. The first-order valence-electron chi connectivity index (χ1n) is 10.4. The molecule has 32 heavy (non-hydrogen) atoms. The lowest BCUT2D eigenvalue weighted by molar-refractivity contribution is -0.123. The van der Waals surface area contributed by atoms with Gasteiger partial charge < -0.3 is 9.80 Å². The van der Waals surface area contributed by atoms with Gasteiger partial charge in [-0.3, -0.25) is 10.1 Å². The Hall–Kier alpha value is -3.49. The highest BCUT2D eigenvalue weighted by molar-refractivity contribution is 6.22. The van der Waals surface area contributed by atoms with Gasteiger partial charge in [0.05, 0.1) is 17.9 Å². The molecule has 0 atom stereocenters. The average molecular weight is 441 g/mol. The third-order valence-electron chi connectivity index (χ3n) is 5.47. The zero-order valence-electron chi connectivity index (χ0n) is 19.6. The Morgan fingerprint density at radius 2 is 1.75 bits per heavy atom. The SMILES string of the molecule is CN(C)C(=O)Nc1nccc(CN2C(=O)N(c3ccc(C(C)(C)C)cc3)C(=O)C2(C)C)n1.[HH]. The Labute approximate surface area is 189 Å². The number of carbonyl (C=O) groups excluding carboxylic acids is 3. The molecule has 0 radical (unpaired) electrons. The number of rotatable bonds is 4. The van der Waals surface area contributed by atoms with Crippen LogP contribution in [-0.2, 0) is 16.8 Å². The number of nitrogens with zero attached hydrogens (tertiary/aromatic N) is 5. The normalized spacial score (nSPS) is 15.8. The Bertz CT molecular complexity index is 1050. The third-order valence-corrected chi connectivity index (χ3v) is 5.47. The summed E-state index contributed by atoms with van der Waals surface area (Å²) in [4.78, 5) is 50.8. The number of imide groups is 1. The van der Waals surface area contributed by atoms with Gasteiger partial charge in [-0.05, 0) is 43.0 Å². The molecule has 1 aliphatic heterocycles. The summed E-state index contributed by atoms with van der Waals surface area (Å²) in [5.74, 6) is -0.173. The first-order chi connectivity index (χ1) is 14.8. The standard InChI is InChI=1S/C23H30N6O3.H2/c1-22(2,3)15-8-10-17(11-9-15)29-18(30)23(4,5)28(21(29)32)14-16-12-13-24-19(25-16)26-20(31)27(6)7;/h8-13H,14H2,1-7H3,(H,24,25,26,31);1H. The largest absolute Gasteiger partial charge is 0.332 e. The minimum Gasteiger partial charge on any atom is -0.331 e. The van der Waals surface area contributed by atoms with Crippen LogP contribution in [-0.4, -0.2) is 57.4 Å². The molecule has 0 saturated carbocycles. The van der Waals surface area contributed by atoms with E-state index in [0.717, 1.165) is 5.56 Å². The zero-order chi connectivity index (χ0) is 23.8. The fourth-order valence-corrected chi connectivity index (χ4v) is 3.35. The van der Waals surface area contributed by atoms with Crippen LogP contribution in [0.25, 0.3) is 0 Å². The number of nitrogens with one attached hydrogen (secondary N) is 1. The number of amides is 5. The first kappa shape index (κ1) is 23.2. The van der Waals surface area contributed by atoms with Crippen molar-refractivity contribution >= 4 is 29.6 Å². The van der Waals surface area contributed by atoms with Crippen molar-refractivity contribution in [2.45, 2.75) is 52.1 Å². The van der Waals surface area contributed by atoms with Crippen LogP contribution in [0.2, 0.25) is 0 Å². The second kappa shape index (κ2) is 8.22. The lowest BCUT2D eigenvalue weighted by Crippen LogP contribution is -2.43. The van der Waals surface area contributed by atoms with Gasteiger partial charge in [0.25, 0.3) is 5.91 Å². The summed E-state index contributed by atoms with van der Waals surface area (Å²) in [5.41, 5.74) is 1.07. The zero-order valence-corrected chi connectivity index (χ0v) is 19.6. The summed E-state index contributed by atoms with van der Waals surface area (Å²) in [6, 6.07) is 8.36. The van der Waals surface area contributed by atoms with Crippen LogP contribution < -0.4 is 10.2 Å². The number of aromatic nitrogens is 2. The molecule has 0 bridgehead atoms. The van der Waals surface area contributed by atoms with Gasteiger partial charge in [-0.2, -0.15) is 0 Å². The molecule has 9 nitrogen and oxygen atoms in total. The van der Waals surface area contributed by atoms with E-state index >= 15 is 0 Å². The van der Waals surface area contributed by atoms with Crippen LogP contribution in [0.4, 0.5) is 21.2 Å². The van der Waals surface area contributed by atoms with Crippen LogP contribution >= 0.6 is 0 Å². The molecule has 172 valence electrons. The van der Waals surface area contributed by atoms with Crippen molar-refractivity contribution in [1.29, 1.82) is 0 Å². The molecule has 1 aromatic heterocycles. The molecular weight excluding hydrogens is 408 g/mol. The van der Waals surface area contributed by atoms with Crippen molar-refractivity contribution in [3.05, 3.63) is 47.8 Å². The van der Waals surface area contributed by atoms with E-state index in [1.54, 1.807) is 46.1 Å². The molecule has 9 heteroatoms. The average Bonchev–Trinajstić information content (AvgIpc) is 2.87. The maximum absolute atomic E-state index is 13.3. The predicted molar refractivity (Wildman–Crippen MR) is 124 cm³/mol. The number of anilines is 2.